The molecule has 0 aliphatic carbocycles. The van der Waals surface area contributed by atoms with E-state index in [1.807, 2.05) is 4.90 Å². The summed E-state index contributed by atoms with van der Waals surface area (Å²) >= 11 is 0. The summed E-state index contributed by atoms with van der Waals surface area (Å²) < 4.78 is 5.53. The fourth-order valence-electron chi connectivity index (χ4n) is 5.12. The summed E-state index contributed by atoms with van der Waals surface area (Å²) in [5.74, 6) is 1.04. The van der Waals surface area contributed by atoms with Gasteiger partial charge in [0.05, 0.1) is 26.2 Å². The molecule has 0 saturated carbocycles. The molecule has 0 unspecified atom stereocenters. The summed E-state index contributed by atoms with van der Waals surface area (Å²) in [5, 5.41) is 0. The highest BCUT2D eigenvalue weighted by molar-refractivity contribution is 5.32. The Kier molecular flexibility index (Phi) is 6.63. The van der Waals surface area contributed by atoms with Gasteiger partial charge in [-0.2, -0.15) is 0 Å². The van der Waals surface area contributed by atoms with Crippen molar-refractivity contribution in [2.24, 2.45) is 0 Å². The van der Waals surface area contributed by atoms with Crippen molar-refractivity contribution in [2.75, 3.05) is 46.4 Å². The van der Waals surface area contributed by atoms with Crippen LogP contribution < -0.4 is 19.4 Å². The van der Waals surface area contributed by atoms with Crippen LogP contribution in [-0.4, -0.2) is 52.4 Å². The summed E-state index contributed by atoms with van der Waals surface area (Å²) in [4.78, 5) is 5.34. The Labute approximate surface area is 169 Å². The Morgan fingerprint density at radius 2 is 1.39 bits per heavy atom. The third-order valence-electron chi connectivity index (χ3n) is 6.80. The van der Waals surface area contributed by atoms with E-state index < -0.39 is 0 Å². The van der Waals surface area contributed by atoms with E-state index in [0.29, 0.717) is 0 Å². The molecule has 3 N–H and O–H groups in total. The normalized spacial score (nSPS) is 28.0. The zero-order chi connectivity index (χ0) is 19.2. The lowest BCUT2D eigenvalue weighted by Crippen LogP contribution is -3.30. The van der Waals surface area contributed by atoms with Gasteiger partial charge in [-0.15, -0.1) is 0 Å². The molecule has 2 saturated heterocycles. The van der Waals surface area contributed by atoms with Crippen LogP contribution in [0.5, 0.6) is 5.75 Å². The summed E-state index contributed by atoms with van der Waals surface area (Å²) in [7, 11) is 1.78. The summed E-state index contributed by atoms with van der Waals surface area (Å²) in [5.41, 5.74) is 2.83. The summed E-state index contributed by atoms with van der Waals surface area (Å²) in [6.45, 7) is 10.2. The summed E-state index contributed by atoms with van der Waals surface area (Å²) in [6.07, 6.45) is 2.78. The standard InChI is InChI=1S/C24H33N3O/c1-28-24-10-6-5-9-22(24)20-26-15-17-27(18-16-26)23-11-13-25(14-12-23)19-21-7-3-2-4-8-21/h2-10,23H,11-20H2,1H3/p+3. The van der Waals surface area contributed by atoms with Gasteiger partial charge < -0.3 is 19.4 Å². The second-order valence-electron chi connectivity index (χ2n) is 8.58. The van der Waals surface area contributed by atoms with E-state index in [1.54, 1.807) is 16.9 Å². The number of para-hydroxylation sites is 1. The van der Waals surface area contributed by atoms with Gasteiger partial charge in [0.2, 0.25) is 0 Å². The minimum atomic E-state index is 0.882. The van der Waals surface area contributed by atoms with Gasteiger partial charge in [-0.05, 0) is 12.1 Å². The van der Waals surface area contributed by atoms with Crippen LogP contribution in [0.2, 0.25) is 0 Å². The second-order valence-corrected chi connectivity index (χ2v) is 8.58. The van der Waals surface area contributed by atoms with E-state index in [4.69, 9.17) is 4.74 Å². The van der Waals surface area contributed by atoms with Gasteiger partial charge in [-0.25, -0.2) is 0 Å². The maximum Gasteiger partial charge on any atom is 0.127 e. The highest BCUT2D eigenvalue weighted by atomic mass is 16.5. The van der Waals surface area contributed by atoms with Gasteiger partial charge in [0.15, 0.2) is 0 Å². The quantitative estimate of drug-likeness (QED) is 0.600. The molecule has 0 radical (unpaired) electrons. The van der Waals surface area contributed by atoms with Crippen molar-refractivity contribution < 1.29 is 19.4 Å². The van der Waals surface area contributed by atoms with Crippen LogP contribution in [0.1, 0.15) is 24.0 Å². The van der Waals surface area contributed by atoms with Crippen LogP contribution in [0.15, 0.2) is 54.6 Å². The predicted molar refractivity (Wildman–Crippen MR) is 112 cm³/mol. The third-order valence-corrected chi connectivity index (χ3v) is 6.80. The molecule has 0 aromatic heterocycles. The second kappa shape index (κ2) is 9.55. The van der Waals surface area contributed by atoms with Gasteiger partial charge in [0.25, 0.3) is 0 Å². The Morgan fingerprint density at radius 1 is 0.750 bits per heavy atom. The first kappa shape index (κ1) is 19.4. The molecule has 2 aromatic carbocycles. The summed E-state index contributed by atoms with van der Waals surface area (Å²) in [6, 6.07) is 20.4. The van der Waals surface area contributed by atoms with Crippen LogP contribution in [0.25, 0.3) is 0 Å². The fraction of sp³-hybridized carbons (Fsp3) is 0.500. The smallest absolute Gasteiger partial charge is 0.127 e. The number of nitrogens with one attached hydrogen (secondary N) is 3. The van der Waals surface area contributed by atoms with Crippen LogP contribution >= 0.6 is 0 Å². The van der Waals surface area contributed by atoms with E-state index in [2.05, 4.69) is 54.6 Å². The molecule has 4 heteroatoms. The van der Waals surface area contributed by atoms with Crippen LogP contribution in [0.3, 0.4) is 0 Å². The highest BCUT2D eigenvalue weighted by Crippen LogP contribution is 2.15. The minimum absolute atomic E-state index is 0.882. The van der Waals surface area contributed by atoms with Crippen LogP contribution in [0, 0.1) is 0 Å². The highest BCUT2D eigenvalue weighted by Gasteiger charge is 2.33. The molecule has 2 aliphatic rings. The molecule has 2 aromatic rings. The van der Waals surface area contributed by atoms with Gasteiger partial charge in [0.1, 0.15) is 45.0 Å². The Hall–Kier alpha value is -1.88. The van der Waals surface area contributed by atoms with E-state index in [9.17, 15) is 0 Å². The van der Waals surface area contributed by atoms with Crippen molar-refractivity contribution in [1.82, 2.24) is 0 Å². The number of piperazine rings is 1. The molecule has 4 rings (SSSR count). The lowest BCUT2D eigenvalue weighted by molar-refractivity contribution is -1.04. The molecule has 0 spiro atoms. The average Bonchev–Trinajstić information content (AvgIpc) is 2.76. The molecule has 2 heterocycles. The number of rotatable bonds is 6. The monoisotopic (exact) mass is 382 g/mol. The molecule has 2 aliphatic heterocycles. The first-order chi connectivity index (χ1) is 13.8. The van der Waals surface area contributed by atoms with Gasteiger partial charge in [-0.1, -0.05) is 42.5 Å². The molecule has 0 amide bonds. The van der Waals surface area contributed by atoms with E-state index in [0.717, 1.165) is 18.3 Å². The number of ether oxygens (including phenoxy) is 1. The molecule has 4 nitrogen and oxygen atoms in total. The SMILES string of the molecule is COc1ccccc1C[NH+]1CC[NH+](C2CC[NH+](Cc3ccccc3)CC2)CC1. The fourth-order valence-corrected chi connectivity index (χ4v) is 5.12. The molecular weight excluding hydrogens is 346 g/mol. The number of likely N-dealkylation sites (tertiary alicyclic amines) is 1. The molecule has 150 valence electrons. The Morgan fingerprint density at radius 3 is 2.11 bits per heavy atom. The van der Waals surface area contributed by atoms with E-state index in [-0.39, 0.29) is 0 Å². The van der Waals surface area contributed by atoms with Gasteiger partial charge in [-0.3, -0.25) is 0 Å². The van der Waals surface area contributed by atoms with Crippen molar-refractivity contribution in [1.29, 1.82) is 0 Å². The maximum absolute atomic E-state index is 5.53. The van der Waals surface area contributed by atoms with Gasteiger partial charge in [0, 0.05) is 24.0 Å². The zero-order valence-corrected chi connectivity index (χ0v) is 17.3. The van der Waals surface area contributed by atoms with Crippen molar-refractivity contribution >= 4 is 0 Å². The lowest BCUT2D eigenvalue weighted by Gasteiger charge is -2.37. The van der Waals surface area contributed by atoms with Crippen molar-refractivity contribution in [2.45, 2.75) is 32.0 Å². The average molecular weight is 383 g/mol. The zero-order valence-electron chi connectivity index (χ0n) is 17.3. The number of piperidine rings is 1. The molecular formula is C24H36N3O+3. The first-order valence-corrected chi connectivity index (χ1v) is 11.0. The Balaban J connectivity index is 1.21. The predicted octanol–water partition coefficient (Wildman–Crippen LogP) is -0.774. The number of benzene rings is 2. The lowest BCUT2D eigenvalue weighted by atomic mass is 10.0. The van der Waals surface area contributed by atoms with Crippen LogP contribution in [0.4, 0.5) is 0 Å². The maximum atomic E-state index is 5.53. The molecule has 0 atom stereocenters. The molecule has 28 heavy (non-hydrogen) atoms. The number of hydrogen-bond donors (Lipinski definition) is 3. The Bertz CT molecular complexity index is 720. The van der Waals surface area contributed by atoms with Crippen molar-refractivity contribution in [3.8, 4) is 5.75 Å². The van der Waals surface area contributed by atoms with E-state index in [1.165, 1.54) is 69.8 Å². The third kappa shape index (κ3) is 4.93. The minimum Gasteiger partial charge on any atom is -0.496 e. The number of methoxy groups -OCH3 is 1. The number of hydrogen-bond acceptors (Lipinski definition) is 1. The molecule has 0 bridgehead atoms. The molecule has 2 fully saturated rings. The van der Waals surface area contributed by atoms with Crippen molar-refractivity contribution in [3.05, 3.63) is 65.7 Å². The van der Waals surface area contributed by atoms with Crippen LogP contribution in [-0.2, 0) is 13.1 Å². The van der Waals surface area contributed by atoms with Crippen molar-refractivity contribution in [3.63, 3.8) is 0 Å². The van der Waals surface area contributed by atoms with Gasteiger partial charge >= 0.3 is 0 Å². The number of quaternary nitrogens is 3. The topological polar surface area (TPSA) is 22.6 Å². The first-order valence-electron chi connectivity index (χ1n) is 11.0. The van der Waals surface area contributed by atoms with E-state index >= 15 is 0 Å². The largest absolute Gasteiger partial charge is 0.496 e.